The first-order chi connectivity index (χ1) is 17.1. The number of nitrogens with zero attached hydrogens (tertiary/aromatic N) is 1. The SMILES string of the molecule is O=C(N/N=C\c1cc(Br)ccc1OCc1ccccc1)c1ccc(OCc2ccc(Cl)cc2)cc1. The van der Waals surface area contributed by atoms with E-state index < -0.39 is 0 Å². The van der Waals surface area contributed by atoms with Crippen molar-refractivity contribution in [1.82, 2.24) is 5.43 Å². The maximum Gasteiger partial charge on any atom is 0.271 e. The van der Waals surface area contributed by atoms with Crippen LogP contribution < -0.4 is 14.9 Å². The minimum atomic E-state index is -0.327. The molecule has 0 spiro atoms. The zero-order chi connectivity index (χ0) is 24.5. The van der Waals surface area contributed by atoms with Gasteiger partial charge in [-0.2, -0.15) is 5.10 Å². The molecule has 4 aromatic carbocycles. The first-order valence-corrected chi connectivity index (χ1v) is 12.0. The van der Waals surface area contributed by atoms with E-state index in [0.717, 1.165) is 21.2 Å². The molecule has 5 nitrogen and oxygen atoms in total. The standard InChI is InChI=1S/C28H22BrClN2O3/c29-24-10-15-27(35-19-20-4-2-1-3-5-20)23(16-24)17-31-32-28(33)22-8-13-26(14-9-22)34-18-21-6-11-25(30)12-7-21/h1-17H,18-19H2,(H,32,33)/b31-17-. The van der Waals surface area contributed by atoms with Gasteiger partial charge in [0.25, 0.3) is 5.91 Å². The summed E-state index contributed by atoms with van der Waals surface area (Å²) < 4.78 is 12.6. The summed E-state index contributed by atoms with van der Waals surface area (Å²) >= 11 is 9.37. The Morgan fingerprint density at radius 1 is 0.857 bits per heavy atom. The van der Waals surface area contributed by atoms with Crippen LogP contribution in [0.5, 0.6) is 11.5 Å². The predicted octanol–water partition coefficient (Wildman–Crippen LogP) is 7.02. The van der Waals surface area contributed by atoms with Crippen molar-refractivity contribution in [2.45, 2.75) is 13.2 Å². The molecule has 7 heteroatoms. The summed E-state index contributed by atoms with van der Waals surface area (Å²) in [4.78, 5) is 12.5. The minimum absolute atomic E-state index is 0.327. The first-order valence-electron chi connectivity index (χ1n) is 10.8. The van der Waals surface area contributed by atoms with Crippen molar-refractivity contribution < 1.29 is 14.3 Å². The molecule has 0 fully saturated rings. The largest absolute Gasteiger partial charge is 0.489 e. The molecule has 35 heavy (non-hydrogen) atoms. The van der Waals surface area contributed by atoms with Crippen LogP contribution in [0.1, 0.15) is 27.0 Å². The second kappa shape index (κ2) is 12.2. The van der Waals surface area contributed by atoms with Gasteiger partial charge in [0, 0.05) is 20.6 Å². The quantitative estimate of drug-likeness (QED) is 0.180. The van der Waals surface area contributed by atoms with E-state index in [-0.39, 0.29) is 5.91 Å². The van der Waals surface area contributed by atoms with E-state index in [4.69, 9.17) is 21.1 Å². The smallest absolute Gasteiger partial charge is 0.271 e. The lowest BCUT2D eigenvalue weighted by Crippen LogP contribution is -2.17. The maximum absolute atomic E-state index is 12.5. The molecule has 0 radical (unpaired) electrons. The highest BCUT2D eigenvalue weighted by molar-refractivity contribution is 9.10. The monoisotopic (exact) mass is 548 g/mol. The molecule has 0 atom stereocenters. The fourth-order valence-corrected chi connectivity index (χ4v) is 3.67. The third-order valence-electron chi connectivity index (χ3n) is 5.01. The number of rotatable bonds is 9. The Morgan fingerprint density at radius 2 is 1.54 bits per heavy atom. The van der Waals surface area contributed by atoms with Crippen LogP contribution in [0, 0.1) is 0 Å². The Morgan fingerprint density at radius 3 is 2.29 bits per heavy atom. The summed E-state index contributed by atoms with van der Waals surface area (Å²) in [6.07, 6.45) is 1.56. The summed E-state index contributed by atoms with van der Waals surface area (Å²) in [7, 11) is 0. The van der Waals surface area contributed by atoms with E-state index in [9.17, 15) is 4.79 Å². The Hall–Kier alpha value is -3.61. The van der Waals surface area contributed by atoms with Gasteiger partial charge in [0.15, 0.2) is 0 Å². The van der Waals surface area contributed by atoms with Crippen molar-refractivity contribution in [3.63, 3.8) is 0 Å². The van der Waals surface area contributed by atoms with Crippen molar-refractivity contribution in [2.75, 3.05) is 0 Å². The topological polar surface area (TPSA) is 59.9 Å². The number of hydrazone groups is 1. The minimum Gasteiger partial charge on any atom is -0.489 e. The number of carbonyl (C=O) groups excluding carboxylic acids is 1. The number of hydrogen-bond donors (Lipinski definition) is 1. The number of hydrogen-bond acceptors (Lipinski definition) is 4. The summed E-state index contributed by atoms with van der Waals surface area (Å²) in [6, 6.07) is 29.9. The van der Waals surface area contributed by atoms with Gasteiger partial charge in [0.1, 0.15) is 24.7 Å². The van der Waals surface area contributed by atoms with Crippen molar-refractivity contribution in [3.05, 3.63) is 129 Å². The van der Waals surface area contributed by atoms with Crippen molar-refractivity contribution in [3.8, 4) is 11.5 Å². The number of halogens is 2. The molecule has 0 unspecified atom stereocenters. The molecule has 0 heterocycles. The van der Waals surface area contributed by atoms with E-state index in [1.54, 1.807) is 30.5 Å². The van der Waals surface area contributed by atoms with Crippen molar-refractivity contribution >= 4 is 39.7 Å². The Labute approximate surface area is 217 Å². The molecule has 176 valence electrons. The lowest BCUT2D eigenvalue weighted by molar-refractivity contribution is 0.0955. The number of carbonyl (C=O) groups is 1. The molecule has 0 aliphatic rings. The van der Waals surface area contributed by atoms with Crippen LogP contribution in [0.2, 0.25) is 5.02 Å². The van der Waals surface area contributed by atoms with Crippen molar-refractivity contribution in [2.24, 2.45) is 5.10 Å². The van der Waals surface area contributed by atoms with Gasteiger partial charge in [-0.25, -0.2) is 5.43 Å². The van der Waals surface area contributed by atoms with Gasteiger partial charge in [0.05, 0.1) is 6.21 Å². The highest BCUT2D eigenvalue weighted by atomic mass is 79.9. The van der Waals surface area contributed by atoms with E-state index in [1.807, 2.05) is 72.8 Å². The highest BCUT2D eigenvalue weighted by Crippen LogP contribution is 2.23. The van der Waals surface area contributed by atoms with E-state index in [1.165, 1.54) is 0 Å². The highest BCUT2D eigenvalue weighted by Gasteiger charge is 2.07. The molecular weight excluding hydrogens is 528 g/mol. The third kappa shape index (κ3) is 7.44. The molecule has 0 bridgehead atoms. The summed E-state index contributed by atoms with van der Waals surface area (Å²) in [5.41, 5.74) is 5.83. The van der Waals surface area contributed by atoms with Crippen LogP contribution in [0.25, 0.3) is 0 Å². The van der Waals surface area contributed by atoms with Crippen molar-refractivity contribution in [1.29, 1.82) is 0 Å². The molecule has 1 N–H and O–H groups in total. The van der Waals surface area contributed by atoms with Crippen LogP contribution in [0.4, 0.5) is 0 Å². The summed E-state index contributed by atoms with van der Waals surface area (Å²) in [5.74, 6) is 0.999. The number of ether oxygens (including phenoxy) is 2. The van der Waals surface area contributed by atoms with Gasteiger partial charge in [-0.05, 0) is 65.7 Å². The Balaban J connectivity index is 1.33. The van der Waals surface area contributed by atoms with Crippen LogP contribution >= 0.6 is 27.5 Å². The number of amides is 1. The molecule has 4 aromatic rings. The Kier molecular flexibility index (Phi) is 8.54. The van der Waals surface area contributed by atoms with Crippen LogP contribution in [-0.4, -0.2) is 12.1 Å². The molecule has 0 aliphatic heterocycles. The fourth-order valence-electron chi connectivity index (χ4n) is 3.16. The van der Waals surface area contributed by atoms with E-state index in [2.05, 4.69) is 26.5 Å². The zero-order valence-electron chi connectivity index (χ0n) is 18.7. The van der Waals surface area contributed by atoms with Crippen LogP contribution in [0.15, 0.2) is 107 Å². The van der Waals surface area contributed by atoms with Crippen LogP contribution in [0.3, 0.4) is 0 Å². The number of benzene rings is 4. The Bertz CT molecular complexity index is 1290. The number of nitrogens with one attached hydrogen (secondary N) is 1. The van der Waals surface area contributed by atoms with Gasteiger partial charge >= 0.3 is 0 Å². The van der Waals surface area contributed by atoms with Gasteiger partial charge < -0.3 is 9.47 Å². The van der Waals surface area contributed by atoms with Gasteiger partial charge in [0.2, 0.25) is 0 Å². The first kappa shape index (κ1) is 24.5. The summed E-state index contributed by atoms with van der Waals surface area (Å²) in [6.45, 7) is 0.844. The fraction of sp³-hybridized carbons (Fsp3) is 0.0714. The van der Waals surface area contributed by atoms with Gasteiger partial charge in [-0.1, -0.05) is 70.0 Å². The maximum atomic E-state index is 12.5. The average molecular weight is 550 g/mol. The van der Waals surface area contributed by atoms with E-state index in [0.29, 0.717) is 35.3 Å². The zero-order valence-corrected chi connectivity index (χ0v) is 21.0. The predicted molar refractivity (Wildman–Crippen MR) is 142 cm³/mol. The normalized spacial score (nSPS) is 10.8. The molecular formula is C28H22BrClN2O3. The molecule has 1 amide bonds. The van der Waals surface area contributed by atoms with E-state index >= 15 is 0 Å². The molecule has 0 saturated heterocycles. The second-order valence-corrected chi connectivity index (χ2v) is 8.95. The molecule has 0 saturated carbocycles. The van der Waals surface area contributed by atoms with Gasteiger partial charge in [-0.3, -0.25) is 4.79 Å². The van der Waals surface area contributed by atoms with Gasteiger partial charge in [-0.15, -0.1) is 0 Å². The molecule has 0 aromatic heterocycles. The average Bonchev–Trinajstić information content (AvgIpc) is 2.89. The third-order valence-corrected chi connectivity index (χ3v) is 5.76. The lowest BCUT2D eigenvalue weighted by atomic mass is 10.2. The second-order valence-electron chi connectivity index (χ2n) is 7.60. The molecule has 0 aliphatic carbocycles. The van der Waals surface area contributed by atoms with Crippen LogP contribution in [-0.2, 0) is 13.2 Å². The summed E-state index contributed by atoms with van der Waals surface area (Å²) in [5, 5.41) is 4.80. The lowest BCUT2D eigenvalue weighted by Gasteiger charge is -2.10. The molecule has 4 rings (SSSR count).